The number of ether oxygens (including phenoxy) is 1. The summed E-state index contributed by atoms with van der Waals surface area (Å²) in [5, 5.41) is 9.41. The summed E-state index contributed by atoms with van der Waals surface area (Å²) in [5.74, 6) is 5.13. The van der Waals surface area contributed by atoms with E-state index in [1.54, 1.807) is 38.1 Å². The first-order chi connectivity index (χ1) is 7.42. The Bertz CT molecular complexity index is 427. The molecular formula is C13H14O3. The van der Waals surface area contributed by atoms with Gasteiger partial charge in [-0.15, -0.1) is 0 Å². The van der Waals surface area contributed by atoms with Crippen LogP contribution in [-0.4, -0.2) is 23.8 Å². The van der Waals surface area contributed by atoms with Crippen LogP contribution in [0.1, 0.15) is 29.8 Å². The van der Waals surface area contributed by atoms with Crippen molar-refractivity contribution in [3.63, 3.8) is 0 Å². The Labute approximate surface area is 95.1 Å². The molecule has 0 radical (unpaired) electrons. The Morgan fingerprint density at radius 2 is 1.88 bits per heavy atom. The summed E-state index contributed by atoms with van der Waals surface area (Å²) < 4.78 is 4.58. The van der Waals surface area contributed by atoms with Crippen LogP contribution in [0.25, 0.3) is 0 Å². The van der Waals surface area contributed by atoms with Gasteiger partial charge in [0.2, 0.25) is 0 Å². The van der Waals surface area contributed by atoms with Crippen molar-refractivity contribution in [1.82, 2.24) is 0 Å². The number of aliphatic hydroxyl groups is 1. The average molecular weight is 218 g/mol. The Balaban J connectivity index is 2.87. The maximum absolute atomic E-state index is 11.1. The first kappa shape index (κ1) is 12.3. The van der Waals surface area contributed by atoms with E-state index in [1.165, 1.54) is 7.11 Å². The van der Waals surface area contributed by atoms with Crippen LogP contribution in [0.3, 0.4) is 0 Å². The molecule has 0 fully saturated rings. The molecule has 0 heterocycles. The lowest BCUT2D eigenvalue weighted by atomic mass is 10.1. The fourth-order valence-electron chi connectivity index (χ4n) is 1.03. The zero-order chi connectivity index (χ0) is 12.2. The van der Waals surface area contributed by atoms with Gasteiger partial charge in [-0.3, -0.25) is 0 Å². The Morgan fingerprint density at radius 1 is 1.31 bits per heavy atom. The first-order valence-electron chi connectivity index (χ1n) is 4.86. The standard InChI is InChI=1S/C13H14O3/c1-13(2,15)9-8-10-4-6-11(7-5-10)12(14)16-3/h4-7,15H,1-3H3. The second kappa shape index (κ2) is 4.82. The number of esters is 1. The van der Waals surface area contributed by atoms with E-state index in [0.29, 0.717) is 5.56 Å². The van der Waals surface area contributed by atoms with Gasteiger partial charge in [0, 0.05) is 5.56 Å². The number of carbonyl (C=O) groups is 1. The van der Waals surface area contributed by atoms with Crippen molar-refractivity contribution in [3.05, 3.63) is 35.4 Å². The smallest absolute Gasteiger partial charge is 0.337 e. The minimum absolute atomic E-state index is 0.373. The molecule has 16 heavy (non-hydrogen) atoms. The third-order valence-electron chi connectivity index (χ3n) is 1.82. The summed E-state index contributed by atoms with van der Waals surface area (Å²) >= 11 is 0. The fraction of sp³-hybridized carbons (Fsp3) is 0.308. The molecule has 0 unspecified atom stereocenters. The summed E-state index contributed by atoms with van der Waals surface area (Å²) in [6, 6.07) is 6.70. The second-order valence-corrected chi connectivity index (χ2v) is 3.88. The topological polar surface area (TPSA) is 46.5 Å². The monoisotopic (exact) mass is 218 g/mol. The van der Waals surface area contributed by atoms with Gasteiger partial charge in [0.15, 0.2) is 0 Å². The maximum Gasteiger partial charge on any atom is 0.337 e. The van der Waals surface area contributed by atoms with E-state index in [-0.39, 0.29) is 5.97 Å². The molecule has 1 rings (SSSR count). The zero-order valence-electron chi connectivity index (χ0n) is 9.57. The van der Waals surface area contributed by atoms with E-state index in [2.05, 4.69) is 16.6 Å². The van der Waals surface area contributed by atoms with Crippen molar-refractivity contribution in [1.29, 1.82) is 0 Å². The predicted molar refractivity (Wildman–Crippen MR) is 61.0 cm³/mol. The molecule has 0 amide bonds. The molecule has 0 bridgehead atoms. The number of rotatable bonds is 1. The molecule has 84 valence electrons. The third kappa shape index (κ3) is 3.76. The van der Waals surface area contributed by atoms with E-state index in [0.717, 1.165) is 5.56 Å². The molecule has 0 atom stereocenters. The van der Waals surface area contributed by atoms with Gasteiger partial charge in [-0.05, 0) is 38.1 Å². The van der Waals surface area contributed by atoms with Crippen molar-refractivity contribution in [2.45, 2.75) is 19.4 Å². The minimum atomic E-state index is -1.01. The molecule has 0 spiro atoms. The van der Waals surface area contributed by atoms with Gasteiger partial charge < -0.3 is 9.84 Å². The predicted octanol–water partition coefficient (Wildman–Crippen LogP) is 1.60. The fourth-order valence-corrected chi connectivity index (χ4v) is 1.03. The van der Waals surface area contributed by atoms with Crippen LogP contribution in [0.4, 0.5) is 0 Å². The SMILES string of the molecule is COC(=O)c1ccc(C#CC(C)(C)O)cc1. The third-order valence-corrected chi connectivity index (χ3v) is 1.82. The number of methoxy groups -OCH3 is 1. The number of carbonyl (C=O) groups excluding carboxylic acids is 1. The number of hydrogen-bond acceptors (Lipinski definition) is 3. The summed E-state index contributed by atoms with van der Waals surface area (Å²) in [6.07, 6.45) is 0. The van der Waals surface area contributed by atoms with E-state index in [1.807, 2.05) is 0 Å². The summed E-state index contributed by atoms with van der Waals surface area (Å²) in [7, 11) is 1.34. The van der Waals surface area contributed by atoms with E-state index in [9.17, 15) is 9.90 Å². The molecule has 0 aliphatic heterocycles. The highest BCUT2D eigenvalue weighted by Crippen LogP contribution is 2.05. The van der Waals surface area contributed by atoms with Crippen molar-refractivity contribution in [2.75, 3.05) is 7.11 Å². The zero-order valence-corrected chi connectivity index (χ0v) is 9.57. The highest BCUT2D eigenvalue weighted by molar-refractivity contribution is 5.89. The number of hydrogen-bond donors (Lipinski definition) is 1. The van der Waals surface area contributed by atoms with Crippen molar-refractivity contribution in [3.8, 4) is 11.8 Å². The molecule has 1 N–H and O–H groups in total. The largest absolute Gasteiger partial charge is 0.465 e. The summed E-state index contributed by atoms with van der Waals surface area (Å²) in [5.41, 5.74) is 0.215. The maximum atomic E-state index is 11.1. The van der Waals surface area contributed by atoms with Crippen LogP contribution in [0.15, 0.2) is 24.3 Å². The molecule has 0 saturated carbocycles. The van der Waals surface area contributed by atoms with Gasteiger partial charge >= 0.3 is 5.97 Å². The van der Waals surface area contributed by atoms with E-state index < -0.39 is 5.60 Å². The summed E-state index contributed by atoms with van der Waals surface area (Å²) in [4.78, 5) is 11.1. The van der Waals surface area contributed by atoms with E-state index >= 15 is 0 Å². The molecule has 3 heteroatoms. The van der Waals surface area contributed by atoms with Gasteiger partial charge in [-0.2, -0.15) is 0 Å². The van der Waals surface area contributed by atoms with Gasteiger partial charge in [0.25, 0.3) is 0 Å². The molecule has 0 saturated heterocycles. The van der Waals surface area contributed by atoms with Crippen molar-refractivity contribution in [2.24, 2.45) is 0 Å². The lowest BCUT2D eigenvalue weighted by Gasteiger charge is -2.05. The quantitative estimate of drug-likeness (QED) is 0.575. The molecular weight excluding hydrogens is 204 g/mol. The highest BCUT2D eigenvalue weighted by Gasteiger charge is 2.06. The Hall–Kier alpha value is -1.79. The van der Waals surface area contributed by atoms with Gasteiger partial charge in [-0.1, -0.05) is 11.8 Å². The first-order valence-corrected chi connectivity index (χ1v) is 4.86. The van der Waals surface area contributed by atoms with Crippen molar-refractivity contribution >= 4 is 5.97 Å². The number of benzene rings is 1. The molecule has 3 nitrogen and oxygen atoms in total. The Kier molecular flexibility index (Phi) is 3.70. The van der Waals surface area contributed by atoms with Crippen LogP contribution in [-0.2, 0) is 4.74 Å². The molecule has 0 aliphatic rings. The molecule has 0 aromatic heterocycles. The minimum Gasteiger partial charge on any atom is -0.465 e. The molecule has 0 aliphatic carbocycles. The van der Waals surface area contributed by atoms with Gasteiger partial charge in [0.1, 0.15) is 5.60 Å². The highest BCUT2D eigenvalue weighted by atomic mass is 16.5. The van der Waals surface area contributed by atoms with E-state index in [4.69, 9.17) is 0 Å². The second-order valence-electron chi connectivity index (χ2n) is 3.88. The van der Waals surface area contributed by atoms with Crippen LogP contribution in [0, 0.1) is 11.8 Å². The van der Waals surface area contributed by atoms with Crippen LogP contribution in [0.5, 0.6) is 0 Å². The van der Waals surface area contributed by atoms with Gasteiger partial charge in [0.05, 0.1) is 12.7 Å². The molecule has 1 aromatic carbocycles. The lowest BCUT2D eigenvalue weighted by molar-refractivity contribution is 0.0600. The van der Waals surface area contributed by atoms with Crippen molar-refractivity contribution < 1.29 is 14.6 Å². The average Bonchev–Trinajstić information content (AvgIpc) is 2.25. The van der Waals surface area contributed by atoms with Crippen LogP contribution >= 0.6 is 0 Å². The van der Waals surface area contributed by atoms with Crippen LogP contribution in [0.2, 0.25) is 0 Å². The van der Waals surface area contributed by atoms with Crippen LogP contribution < -0.4 is 0 Å². The summed E-state index contributed by atoms with van der Waals surface area (Å²) in [6.45, 7) is 3.23. The molecule has 1 aromatic rings. The van der Waals surface area contributed by atoms with Gasteiger partial charge in [-0.25, -0.2) is 4.79 Å². The Morgan fingerprint density at radius 3 is 2.31 bits per heavy atom. The normalized spacial score (nSPS) is 10.2. The lowest BCUT2D eigenvalue weighted by Crippen LogP contribution is -2.14.